The number of nitrogens with zero attached hydrogens (tertiary/aromatic N) is 2. The van der Waals surface area contributed by atoms with Crippen LogP contribution in [-0.4, -0.2) is 29.9 Å². The Labute approximate surface area is 69.5 Å². The number of ether oxygens (including phenoxy) is 1. The molecule has 0 N–H and O–H groups in total. The van der Waals surface area contributed by atoms with Crippen LogP contribution in [0.25, 0.3) is 0 Å². The standard InChI is InChI=1S/C7H8N2O3/c1-12-7(11)5-2-3-6(10)9(5)4-8/h5H,2-3H2,1H3. The first-order chi connectivity index (χ1) is 5.70. The second-order valence-corrected chi connectivity index (χ2v) is 2.44. The van der Waals surface area contributed by atoms with E-state index in [0.717, 1.165) is 4.90 Å². The molecule has 1 amide bonds. The molecule has 5 heteroatoms. The molecule has 5 nitrogen and oxygen atoms in total. The average molecular weight is 168 g/mol. The second kappa shape index (κ2) is 3.22. The Morgan fingerprint density at radius 2 is 2.50 bits per heavy atom. The summed E-state index contributed by atoms with van der Waals surface area (Å²) in [7, 11) is 1.24. The van der Waals surface area contributed by atoms with Gasteiger partial charge in [0.25, 0.3) is 0 Å². The SMILES string of the molecule is COC(=O)C1CCC(=O)N1C#N. The molecule has 1 atom stereocenters. The Balaban J connectivity index is 2.75. The maximum Gasteiger partial charge on any atom is 0.329 e. The van der Waals surface area contributed by atoms with E-state index in [1.165, 1.54) is 7.11 Å². The van der Waals surface area contributed by atoms with Crippen LogP contribution in [0, 0.1) is 11.5 Å². The van der Waals surface area contributed by atoms with Gasteiger partial charge in [0.2, 0.25) is 5.91 Å². The summed E-state index contributed by atoms with van der Waals surface area (Å²) < 4.78 is 4.43. The van der Waals surface area contributed by atoms with Gasteiger partial charge in [-0.2, -0.15) is 5.26 Å². The molecule has 1 fully saturated rings. The van der Waals surface area contributed by atoms with Gasteiger partial charge < -0.3 is 4.74 Å². The number of hydrogen-bond donors (Lipinski definition) is 0. The van der Waals surface area contributed by atoms with Gasteiger partial charge in [-0.3, -0.25) is 4.79 Å². The van der Waals surface area contributed by atoms with Crippen molar-refractivity contribution in [1.29, 1.82) is 5.26 Å². The highest BCUT2D eigenvalue weighted by Crippen LogP contribution is 2.18. The molecule has 1 saturated heterocycles. The summed E-state index contributed by atoms with van der Waals surface area (Å²) in [6.07, 6.45) is 2.28. The average Bonchev–Trinajstić information content (AvgIpc) is 2.45. The summed E-state index contributed by atoms with van der Waals surface area (Å²) in [5.41, 5.74) is 0. The van der Waals surface area contributed by atoms with Crippen molar-refractivity contribution in [1.82, 2.24) is 4.90 Å². The molecule has 0 bridgehead atoms. The van der Waals surface area contributed by atoms with E-state index in [2.05, 4.69) is 4.74 Å². The van der Waals surface area contributed by atoms with Crippen molar-refractivity contribution in [3.05, 3.63) is 0 Å². The number of hydrogen-bond acceptors (Lipinski definition) is 4. The van der Waals surface area contributed by atoms with Crippen LogP contribution in [0.2, 0.25) is 0 Å². The highest BCUT2D eigenvalue weighted by atomic mass is 16.5. The molecular weight excluding hydrogens is 160 g/mol. The molecule has 0 aromatic rings. The molecule has 0 spiro atoms. The summed E-state index contributed by atoms with van der Waals surface area (Å²) in [6.45, 7) is 0. The lowest BCUT2D eigenvalue weighted by Gasteiger charge is -2.12. The minimum Gasteiger partial charge on any atom is -0.467 e. The summed E-state index contributed by atoms with van der Waals surface area (Å²) >= 11 is 0. The van der Waals surface area contributed by atoms with Gasteiger partial charge in [-0.1, -0.05) is 0 Å². The Hall–Kier alpha value is -1.57. The van der Waals surface area contributed by atoms with Crippen LogP contribution >= 0.6 is 0 Å². The van der Waals surface area contributed by atoms with Gasteiger partial charge >= 0.3 is 5.97 Å². The van der Waals surface area contributed by atoms with Crippen LogP contribution in [0.4, 0.5) is 0 Å². The predicted octanol–water partition coefficient (Wildman–Crippen LogP) is -0.369. The van der Waals surface area contributed by atoms with Gasteiger partial charge in [0.15, 0.2) is 6.19 Å². The summed E-state index contributed by atoms with van der Waals surface area (Å²) in [4.78, 5) is 22.8. The number of esters is 1. The quantitative estimate of drug-likeness (QED) is 0.395. The van der Waals surface area contributed by atoms with Gasteiger partial charge in [-0.05, 0) is 6.42 Å². The smallest absolute Gasteiger partial charge is 0.329 e. The fourth-order valence-corrected chi connectivity index (χ4v) is 1.17. The molecule has 64 valence electrons. The molecule has 12 heavy (non-hydrogen) atoms. The topological polar surface area (TPSA) is 70.4 Å². The molecule has 1 unspecified atom stereocenters. The predicted molar refractivity (Wildman–Crippen MR) is 37.5 cm³/mol. The molecule has 0 aromatic heterocycles. The van der Waals surface area contributed by atoms with E-state index in [1.807, 2.05) is 0 Å². The normalized spacial score (nSPS) is 22.2. The van der Waals surface area contributed by atoms with E-state index in [4.69, 9.17) is 5.26 Å². The first kappa shape index (κ1) is 8.53. The van der Waals surface area contributed by atoms with Crippen molar-refractivity contribution in [3.8, 4) is 6.19 Å². The molecule has 0 radical (unpaired) electrons. The number of carbonyl (C=O) groups excluding carboxylic acids is 2. The molecule has 1 aliphatic heterocycles. The number of amides is 1. The third-order valence-electron chi connectivity index (χ3n) is 1.79. The number of methoxy groups -OCH3 is 1. The van der Waals surface area contributed by atoms with Crippen LogP contribution in [-0.2, 0) is 14.3 Å². The van der Waals surface area contributed by atoms with Crippen LogP contribution < -0.4 is 0 Å². The summed E-state index contributed by atoms with van der Waals surface area (Å²) in [6, 6.07) is -0.701. The van der Waals surface area contributed by atoms with Crippen molar-refractivity contribution >= 4 is 11.9 Å². The lowest BCUT2D eigenvalue weighted by molar-refractivity contribution is -0.147. The van der Waals surface area contributed by atoms with Crippen molar-refractivity contribution in [3.63, 3.8) is 0 Å². The van der Waals surface area contributed by atoms with E-state index >= 15 is 0 Å². The van der Waals surface area contributed by atoms with Gasteiger partial charge in [-0.15, -0.1) is 0 Å². The molecule has 0 aromatic carbocycles. The van der Waals surface area contributed by atoms with E-state index in [-0.39, 0.29) is 12.3 Å². The summed E-state index contributed by atoms with van der Waals surface area (Å²) in [5.74, 6) is -0.838. The van der Waals surface area contributed by atoms with Crippen molar-refractivity contribution in [2.45, 2.75) is 18.9 Å². The van der Waals surface area contributed by atoms with Gasteiger partial charge in [0, 0.05) is 6.42 Å². The van der Waals surface area contributed by atoms with Gasteiger partial charge in [0.1, 0.15) is 6.04 Å². The zero-order valence-electron chi connectivity index (χ0n) is 6.61. The lowest BCUT2D eigenvalue weighted by atomic mass is 10.2. The Morgan fingerprint density at radius 1 is 1.83 bits per heavy atom. The second-order valence-electron chi connectivity index (χ2n) is 2.44. The fourth-order valence-electron chi connectivity index (χ4n) is 1.17. The molecule has 0 aliphatic carbocycles. The van der Waals surface area contributed by atoms with Gasteiger partial charge in [-0.25, -0.2) is 9.69 Å². The van der Waals surface area contributed by atoms with Crippen LogP contribution in [0.15, 0.2) is 0 Å². The van der Waals surface area contributed by atoms with Crippen molar-refractivity contribution < 1.29 is 14.3 Å². The Kier molecular flexibility index (Phi) is 2.29. The molecule has 1 rings (SSSR count). The molecule has 1 aliphatic rings. The third-order valence-corrected chi connectivity index (χ3v) is 1.79. The maximum atomic E-state index is 11.0. The molecule has 1 heterocycles. The van der Waals surface area contributed by atoms with Gasteiger partial charge in [0.05, 0.1) is 7.11 Å². The fraction of sp³-hybridized carbons (Fsp3) is 0.571. The molecule has 0 saturated carbocycles. The van der Waals surface area contributed by atoms with E-state index in [0.29, 0.717) is 6.42 Å². The number of carbonyl (C=O) groups is 2. The van der Waals surface area contributed by atoms with E-state index < -0.39 is 12.0 Å². The number of nitriles is 1. The zero-order chi connectivity index (χ0) is 9.14. The number of rotatable bonds is 1. The van der Waals surface area contributed by atoms with E-state index in [9.17, 15) is 9.59 Å². The number of likely N-dealkylation sites (tertiary alicyclic amines) is 1. The largest absolute Gasteiger partial charge is 0.467 e. The van der Waals surface area contributed by atoms with Crippen LogP contribution in [0.5, 0.6) is 0 Å². The first-order valence-corrected chi connectivity index (χ1v) is 3.50. The lowest BCUT2D eigenvalue weighted by Crippen LogP contribution is -2.35. The van der Waals surface area contributed by atoms with E-state index in [1.54, 1.807) is 6.19 Å². The van der Waals surface area contributed by atoms with Crippen molar-refractivity contribution in [2.75, 3.05) is 7.11 Å². The highest BCUT2D eigenvalue weighted by molar-refractivity contribution is 5.89. The zero-order valence-corrected chi connectivity index (χ0v) is 6.61. The first-order valence-electron chi connectivity index (χ1n) is 3.50. The Morgan fingerprint density at radius 3 is 3.00 bits per heavy atom. The van der Waals surface area contributed by atoms with Crippen molar-refractivity contribution in [2.24, 2.45) is 0 Å². The monoisotopic (exact) mass is 168 g/mol. The third kappa shape index (κ3) is 1.23. The van der Waals surface area contributed by atoms with Crippen LogP contribution in [0.3, 0.4) is 0 Å². The minimum absolute atomic E-state index is 0.243. The minimum atomic E-state index is -0.701. The maximum absolute atomic E-state index is 11.0. The Bertz CT molecular complexity index is 256. The molecular formula is C7H8N2O3. The summed E-state index contributed by atoms with van der Waals surface area (Å²) in [5, 5.41) is 8.50. The van der Waals surface area contributed by atoms with Crippen LogP contribution in [0.1, 0.15) is 12.8 Å². The highest BCUT2D eigenvalue weighted by Gasteiger charge is 2.36.